The van der Waals surface area contributed by atoms with E-state index in [0.717, 1.165) is 0 Å². The van der Waals surface area contributed by atoms with Gasteiger partial charge in [0.05, 0.1) is 6.54 Å². The molecular formula is C10H20N2OS. The Morgan fingerprint density at radius 1 is 1.50 bits per heavy atom. The van der Waals surface area contributed by atoms with E-state index in [1.54, 1.807) is 19.0 Å². The van der Waals surface area contributed by atoms with Crippen LogP contribution in [-0.4, -0.2) is 49.0 Å². The molecular weight excluding hydrogens is 196 g/mol. The Balaban J connectivity index is 2.27. The third-order valence-electron chi connectivity index (χ3n) is 2.77. The van der Waals surface area contributed by atoms with E-state index in [1.807, 2.05) is 11.8 Å². The van der Waals surface area contributed by atoms with Gasteiger partial charge in [-0.2, -0.15) is 11.8 Å². The van der Waals surface area contributed by atoms with Crippen molar-refractivity contribution in [2.75, 3.05) is 26.9 Å². The highest BCUT2D eigenvalue weighted by atomic mass is 32.2. The zero-order valence-electron chi connectivity index (χ0n) is 9.25. The number of rotatable bonds is 4. The maximum atomic E-state index is 11.4. The molecule has 0 bridgehead atoms. The van der Waals surface area contributed by atoms with E-state index in [9.17, 15) is 4.79 Å². The molecule has 2 unspecified atom stereocenters. The predicted octanol–water partition coefficient (Wildman–Crippen LogP) is 0.948. The van der Waals surface area contributed by atoms with Crippen molar-refractivity contribution in [3.8, 4) is 0 Å². The molecule has 1 aliphatic carbocycles. The Hall–Kier alpha value is -0.220. The summed E-state index contributed by atoms with van der Waals surface area (Å²) in [5.74, 6) is 0.164. The SMILES string of the molecule is CSC1CCCC1NCC(=O)N(C)C. The van der Waals surface area contributed by atoms with Crippen molar-refractivity contribution in [3.05, 3.63) is 0 Å². The van der Waals surface area contributed by atoms with Gasteiger partial charge < -0.3 is 10.2 Å². The first-order chi connectivity index (χ1) is 6.65. The van der Waals surface area contributed by atoms with Crippen LogP contribution < -0.4 is 5.32 Å². The average molecular weight is 216 g/mol. The first-order valence-corrected chi connectivity index (χ1v) is 6.40. The lowest BCUT2D eigenvalue weighted by molar-refractivity contribution is -0.127. The molecule has 0 heterocycles. The van der Waals surface area contributed by atoms with Gasteiger partial charge in [-0.1, -0.05) is 6.42 Å². The number of nitrogens with one attached hydrogen (secondary N) is 1. The van der Waals surface area contributed by atoms with Crippen LogP contribution in [-0.2, 0) is 4.79 Å². The number of amides is 1. The lowest BCUT2D eigenvalue weighted by Gasteiger charge is -2.20. The number of carbonyl (C=O) groups excluding carboxylic acids is 1. The van der Waals surface area contributed by atoms with Crippen molar-refractivity contribution in [2.24, 2.45) is 0 Å². The molecule has 0 spiro atoms. The number of hydrogen-bond acceptors (Lipinski definition) is 3. The van der Waals surface area contributed by atoms with Crippen molar-refractivity contribution in [1.82, 2.24) is 10.2 Å². The maximum absolute atomic E-state index is 11.4. The second kappa shape index (κ2) is 5.61. The second-order valence-corrected chi connectivity index (χ2v) is 5.06. The highest BCUT2D eigenvalue weighted by Gasteiger charge is 2.26. The van der Waals surface area contributed by atoms with Crippen LogP contribution in [0.4, 0.5) is 0 Å². The molecule has 0 aromatic heterocycles. The molecule has 0 aliphatic heterocycles. The molecule has 1 fully saturated rings. The zero-order valence-corrected chi connectivity index (χ0v) is 10.1. The summed E-state index contributed by atoms with van der Waals surface area (Å²) >= 11 is 1.91. The summed E-state index contributed by atoms with van der Waals surface area (Å²) in [6, 6.07) is 0.536. The van der Waals surface area contributed by atoms with Crippen LogP contribution in [0.25, 0.3) is 0 Å². The fraction of sp³-hybridized carbons (Fsp3) is 0.900. The molecule has 0 saturated heterocycles. The van der Waals surface area contributed by atoms with Gasteiger partial charge in [0, 0.05) is 25.4 Å². The summed E-state index contributed by atoms with van der Waals surface area (Å²) in [4.78, 5) is 13.0. The van der Waals surface area contributed by atoms with Crippen LogP contribution >= 0.6 is 11.8 Å². The molecule has 1 saturated carbocycles. The minimum absolute atomic E-state index is 0.164. The van der Waals surface area contributed by atoms with Crippen LogP contribution in [0.1, 0.15) is 19.3 Å². The van der Waals surface area contributed by atoms with Gasteiger partial charge in [0.2, 0.25) is 5.91 Å². The van der Waals surface area contributed by atoms with Gasteiger partial charge in [0.1, 0.15) is 0 Å². The van der Waals surface area contributed by atoms with E-state index in [2.05, 4.69) is 11.6 Å². The van der Waals surface area contributed by atoms with E-state index in [0.29, 0.717) is 17.8 Å². The number of thioether (sulfide) groups is 1. The first-order valence-electron chi connectivity index (χ1n) is 5.11. The third kappa shape index (κ3) is 3.17. The van der Waals surface area contributed by atoms with Gasteiger partial charge in [-0.25, -0.2) is 0 Å². The van der Waals surface area contributed by atoms with Crippen molar-refractivity contribution in [2.45, 2.75) is 30.6 Å². The van der Waals surface area contributed by atoms with Crippen molar-refractivity contribution >= 4 is 17.7 Å². The van der Waals surface area contributed by atoms with Crippen molar-refractivity contribution < 1.29 is 4.79 Å². The fourth-order valence-electron chi connectivity index (χ4n) is 1.82. The summed E-state index contributed by atoms with van der Waals surface area (Å²) in [7, 11) is 3.59. The number of hydrogen-bond donors (Lipinski definition) is 1. The minimum atomic E-state index is 0.164. The highest BCUT2D eigenvalue weighted by molar-refractivity contribution is 7.99. The summed E-state index contributed by atoms with van der Waals surface area (Å²) in [6.45, 7) is 0.481. The molecule has 1 aliphatic rings. The van der Waals surface area contributed by atoms with E-state index < -0.39 is 0 Å². The summed E-state index contributed by atoms with van der Waals surface area (Å²) in [5.41, 5.74) is 0. The fourth-order valence-corrected chi connectivity index (χ4v) is 2.78. The molecule has 4 heteroatoms. The molecule has 0 aromatic carbocycles. The Kier molecular flexibility index (Phi) is 4.75. The topological polar surface area (TPSA) is 32.3 Å². The van der Waals surface area contributed by atoms with Gasteiger partial charge in [-0.15, -0.1) is 0 Å². The van der Waals surface area contributed by atoms with Gasteiger partial charge in [-0.05, 0) is 19.1 Å². The first kappa shape index (κ1) is 11.9. The van der Waals surface area contributed by atoms with E-state index in [-0.39, 0.29) is 5.91 Å². The van der Waals surface area contributed by atoms with Crippen LogP contribution in [0.3, 0.4) is 0 Å². The molecule has 0 aromatic rings. The summed E-state index contributed by atoms with van der Waals surface area (Å²) in [5, 5.41) is 4.05. The quantitative estimate of drug-likeness (QED) is 0.759. The monoisotopic (exact) mass is 216 g/mol. The van der Waals surface area contributed by atoms with Crippen LogP contribution in [0, 0.1) is 0 Å². The van der Waals surface area contributed by atoms with E-state index in [1.165, 1.54) is 19.3 Å². The molecule has 14 heavy (non-hydrogen) atoms. The lowest BCUT2D eigenvalue weighted by atomic mass is 10.2. The lowest BCUT2D eigenvalue weighted by Crippen LogP contribution is -2.41. The maximum Gasteiger partial charge on any atom is 0.236 e. The van der Waals surface area contributed by atoms with Crippen LogP contribution in [0.5, 0.6) is 0 Å². The Morgan fingerprint density at radius 3 is 2.79 bits per heavy atom. The van der Waals surface area contributed by atoms with Gasteiger partial charge in [0.15, 0.2) is 0 Å². The smallest absolute Gasteiger partial charge is 0.236 e. The van der Waals surface area contributed by atoms with Crippen molar-refractivity contribution in [3.63, 3.8) is 0 Å². The largest absolute Gasteiger partial charge is 0.348 e. The van der Waals surface area contributed by atoms with Gasteiger partial charge >= 0.3 is 0 Å². The molecule has 1 amide bonds. The standard InChI is InChI=1S/C10H20N2OS/c1-12(2)10(13)7-11-8-5-4-6-9(8)14-3/h8-9,11H,4-7H2,1-3H3. The Bertz CT molecular complexity index is 197. The second-order valence-electron chi connectivity index (χ2n) is 3.98. The molecule has 3 nitrogen and oxygen atoms in total. The van der Waals surface area contributed by atoms with E-state index in [4.69, 9.17) is 0 Å². The molecule has 2 atom stereocenters. The number of carbonyl (C=O) groups is 1. The number of nitrogens with zero attached hydrogens (tertiary/aromatic N) is 1. The van der Waals surface area contributed by atoms with Crippen molar-refractivity contribution in [1.29, 1.82) is 0 Å². The normalized spacial score (nSPS) is 26.5. The zero-order chi connectivity index (χ0) is 10.6. The Labute approximate surface area is 90.6 Å². The summed E-state index contributed by atoms with van der Waals surface area (Å²) in [6.07, 6.45) is 5.94. The number of likely N-dealkylation sites (N-methyl/N-ethyl adjacent to an activating group) is 1. The molecule has 1 N–H and O–H groups in total. The highest BCUT2D eigenvalue weighted by Crippen LogP contribution is 2.28. The Morgan fingerprint density at radius 2 is 2.21 bits per heavy atom. The molecule has 1 rings (SSSR count). The van der Waals surface area contributed by atoms with Crippen LogP contribution in [0.15, 0.2) is 0 Å². The van der Waals surface area contributed by atoms with E-state index >= 15 is 0 Å². The third-order valence-corrected chi connectivity index (χ3v) is 3.94. The predicted molar refractivity (Wildman–Crippen MR) is 61.6 cm³/mol. The minimum Gasteiger partial charge on any atom is -0.348 e. The summed E-state index contributed by atoms with van der Waals surface area (Å²) < 4.78 is 0. The molecule has 0 radical (unpaired) electrons. The average Bonchev–Trinajstić information content (AvgIpc) is 2.60. The molecule has 82 valence electrons. The van der Waals surface area contributed by atoms with Gasteiger partial charge in [0.25, 0.3) is 0 Å². The van der Waals surface area contributed by atoms with Crippen LogP contribution in [0.2, 0.25) is 0 Å². The van der Waals surface area contributed by atoms with Gasteiger partial charge in [-0.3, -0.25) is 4.79 Å².